The highest BCUT2D eigenvalue weighted by Gasteiger charge is 2.35. The first-order valence-corrected chi connectivity index (χ1v) is 16.9. The van der Waals surface area contributed by atoms with Crippen LogP contribution in [0.5, 0.6) is 11.5 Å². The molecule has 0 aromatic heterocycles. The second-order valence-electron chi connectivity index (χ2n) is 11.4. The molecule has 1 atom stereocenters. The van der Waals surface area contributed by atoms with E-state index in [1.165, 1.54) is 37.3 Å². The van der Waals surface area contributed by atoms with E-state index in [4.69, 9.17) is 21.1 Å². The molecule has 1 unspecified atom stereocenters. The number of nitrogens with zero attached hydrogens (tertiary/aromatic N) is 2. The Kier molecular flexibility index (Phi) is 11.9. The molecule has 248 valence electrons. The average molecular weight is 678 g/mol. The van der Waals surface area contributed by atoms with Gasteiger partial charge in [-0.2, -0.15) is 0 Å². The minimum atomic E-state index is -4.33. The first-order chi connectivity index (χ1) is 22.4. The highest BCUT2D eigenvalue weighted by atomic mass is 35.5. The third kappa shape index (κ3) is 9.05. The molecule has 4 rings (SSSR count). The smallest absolute Gasteiger partial charge is 0.264 e. The number of aryl methyl sites for hydroxylation is 1. The summed E-state index contributed by atoms with van der Waals surface area (Å²) in [6.07, 6.45) is 0.207. The summed E-state index contributed by atoms with van der Waals surface area (Å²) in [6.45, 7) is 5.00. The third-order valence-corrected chi connectivity index (χ3v) is 9.49. The largest absolute Gasteiger partial charge is 0.493 e. The van der Waals surface area contributed by atoms with Gasteiger partial charge < -0.3 is 19.7 Å². The predicted molar refractivity (Wildman–Crippen MR) is 184 cm³/mol. The molecule has 11 heteroatoms. The van der Waals surface area contributed by atoms with Crippen molar-refractivity contribution >= 4 is 39.1 Å². The fraction of sp³-hybridized carbons (Fsp3) is 0.278. The molecule has 0 saturated heterocycles. The van der Waals surface area contributed by atoms with Crippen molar-refractivity contribution < 1.29 is 27.5 Å². The van der Waals surface area contributed by atoms with E-state index in [2.05, 4.69) is 5.32 Å². The summed E-state index contributed by atoms with van der Waals surface area (Å²) >= 11 is 6.31. The molecule has 1 N–H and O–H groups in total. The summed E-state index contributed by atoms with van der Waals surface area (Å²) in [6, 6.07) is 26.3. The van der Waals surface area contributed by atoms with Gasteiger partial charge in [-0.3, -0.25) is 13.9 Å². The number of ether oxygens (including phenoxy) is 2. The van der Waals surface area contributed by atoms with E-state index in [0.29, 0.717) is 16.3 Å². The number of carbonyl (C=O) groups excluding carboxylic acids is 2. The quantitative estimate of drug-likeness (QED) is 0.175. The number of rotatable bonds is 14. The van der Waals surface area contributed by atoms with Gasteiger partial charge in [0.25, 0.3) is 10.0 Å². The Labute approximate surface area is 282 Å². The predicted octanol–water partition coefficient (Wildman–Crippen LogP) is 6.03. The Morgan fingerprint density at radius 1 is 0.830 bits per heavy atom. The van der Waals surface area contributed by atoms with Crippen LogP contribution in [0.4, 0.5) is 5.69 Å². The van der Waals surface area contributed by atoms with E-state index in [-0.39, 0.29) is 41.2 Å². The molecule has 0 aliphatic rings. The van der Waals surface area contributed by atoms with Crippen LogP contribution in [0.25, 0.3) is 0 Å². The lowest BCUT2D eigenvalue weighted by Crippen LogP contribution is -2.54. The Balaban J connectivity index is 1.83. The lowest BCUT2D eigenvalue weighted by Gasteiger charge is -2.34. The van der Waals surface area contributed by atoms with Gasteiger partial charge in [0.15, 0.2) is 11.5 Å². The summed E-state index contributed by atoms with van der Waals surface area (Å²) in [5, 5.41) is 3.42. The maximum atomic E-state index is 14.6. The van der Waals surface area contributed by atoms with Crippen LogP contribution < -0.4 is 19.1 Å². The first-order valence-electron chi connectivity index (χ1n) is 15.1. The van der Waals surface area contributed by atoms with E-state index >= 15 is 0 Å². The zero-order valence-corrected chi connectivity index (χ0v) is 28.7. The Morgan fingerprint density at radius 2 is 1.49 bits per heavy atom. The van der Waals surface area contributed by atoms with E-state index in [9.17, 15) is 18.0 Å². The maximum Gasteiger partial charge on any atom is 0.264 e. The van der Waals surface area contributed by atoms with Crippen molar-refractivity contribution in [2.45, 2.75) is 50.7 Å². The van der Waals surface area contributed by atoms with Crippen molar-refractivity contribution in [3.63, 3.8) is 0 Å². The van der Waals surface area contributed by atoms with Crippen molar-refractivity contribution in [3.05, 3.63) is 119 Å². The van der Waals surface area contributed by atoms with Crippen LogP contribution in [-0.4, -0.2) is 58.0 Å². The minimum absolute atomic E-state index is 0.0144. The topological polar surface area (TPSA) is 105 Å². The number of hydrogen-bond donors (Lipinski definition) is 1. The van der Waals surface area contributed by atoms with Gasteiger partial charge in [0.1, 0.15) is 12.6 Å². The zero-order valence-electron chi connectivity index (χ0n) is 27.1. The van der Waals surface area contributed by atoms with E-state index in [1.807, 2.05) is 57.2 Å². The second-order valence-corrected chi connectivity index (χ2v) is 13.7. The lowest BCUT2D eigenvalue weighted by molar-refractivity contribution is -0.140. The Bertz CT molecular complexity index is 1780. The van der Waals surface area contributed by atoms with Crippen LogP contribution in [0.1, 0.15) is 30.5 Å². The number of amides is 2. The second kappa shape index (κ2) is 15.8. The molecular formula is C36H40ClN3O6S. The molecule has 4 aromatic carbocycles. The van der Waals surface area contributed by atoms with Gasteiger partial charge in [0.05, 0.1) is 24.8 Å². The minimum Gasteiger partial charge on any atom is -0.493 e. The van der Waals surface area contributed by atoms with Crippen molar-refractivity contribution in [3.8, 4) is 11.5 Å². The number of hydrogen-bond acceptors (Lipinski definition) is 6. The molecule has 0 aliphatic heterocycles. The Hall–Kier alpha value is -4.54. The zero-order chi connectivity index (χ0) is 34.1. The number of benzene rings is 4. The molecule has 0 saturated carbocycles. The Morgan fingerprint density at radius 3 is 2.11 bits per heavy atom. The third-order valence-electron chi connectivity index (χ3n) is 7.49. The van der Waals surface area contributed by atoms with Crippen LogP contribution in [0.2, 0.25) is 5.02 Å². The molecule has 0 bridgehead atoms. The molecule has 0 aliphatic carbocycles. The number of carbonyl (C=O) groups is 2. The van der Waals surface area contributed by atoms with Gasteiger partial charge in [0, 0.05) is 30.1 Å². The van der Waals surface area contributed by atoms with E-state index < -0.39 is 28.5 Å². The summed E-state index contributed by atoms with van der Waals surface area (Å²) < 4.78 is 40.4. The normalized spacial score (nSPS) is 11.9. The highest BCUT2D eigenvalue weighted by molar-refractivity contribution is 7.92. The number of anilines is 1. The van der Waals surface area contributed by atoms with Crippen LogP contribution in [0.3, 0.4) is 0 Å². The van der Waals surface area contributed by atoms with Gasteiger partial charge in [-0.05, 0) is 68.3 Å². The van der Waals surface area contributed by atoms with Gasteiger partial charge in [-0.1, -0.05) is 71.8 Å². The molecular weight excluding hydrogens is 638 g/mol. The summed E-state index contributed by atoms with van der Waals surface area (Å²) in [5.41, 5.74) is 2.73. The van der Waals surface area contributed by atoms with Crippen LogP contribution >= 0.6 is 11.6 Å². The van der Waals surface area contributed by atoms with E-state index in [1.54, 1.807) is 42.5 Å². The fourth-order valence-corrected chi connectivity index (χ4v) is 6.75. The number of halogens is 1. The summed E-state index contributed by atoms with van der Waals surface area (Å²) in [7, 11) is -1.46. The summed E-state index contributed by atoms with van der Waals surface area (Å²) in [5.74, 6) is -0.352. The molecule has 2 amide bonds. The molecule has 0 spiro atoms. The molecule has 4 aromatic rings. The van der Waals surface area contributed by atoms with Crippen LogP contribution in [-0.2, 0) is 32.6 Å². The van der Waals surface area contributed by atoms with Crippen LogP contribution in [0.15, 0.2) is 102 Å². The average Bonchev–Trinajstić information content (AvgIpc) is 3.05. The molecule has 0 heterocycles. The highest BCUT2D eigenvalue weighted by Crippen LogP contribution is 2.32. The SMILES string of the molecule is COc1ccc(S(=O)(=O)N(CC(=O)N(Cc2cccc(Cl)c2)C(Cc2ccccc2)C(=O)NC(C)C)c2ccc(C)cc2)cc1OC. The van der Waals surface area contributed by atoms with Gasteiger partial charge in [0.2, 0.25) is 11.8 Å². The number of methoxy groups -OCH3 is 2. The number of nitrogens with one attached hydrogen (secondary N) is 1. The standard InChI is InChI=1S/C36H40ClN3O6S/c1-25(2)38-36(42)32(21-27-10-7-6-8-11-27)39(23-28-12-9-13-29(37)20-28)35(41)24-40(30-16-14-26(3)15-17-30)47(43,44)31-18-19-33(45-4)34(22-31)46-5/h6-20,22,25,32H,21,23-24H2,1-5H3,(H,38,42). The van der Waals surface area contributed by atoms with Gasteiger partial charge in [-0.15, -0.1) is 0 Å². The first kappa shape index (κ1) is 35.3. The maximum absolute atomic E-state index is 14.6. The molecule has 0 radical (unpaired) electrons. The number of sulfonamides is 1. The van der Waals surface area contributed by atoms with Gasteiger partial charge >= 0.3 is 0 Å². The van der Waals surface area contributed by atoms with Crippen LogP contribution in [0, 0.1) is 6.92 Å². The molecule has 0 fully saturated rings. The molecule has 9 nitrogen and oxygen atoms in total. The van der Waals surface area contributed by atoms with Gasteiger partial charge in [-0.25, -0.2) is 8.42 Å². The van der Waals surface area contributed by atoms with Crippen molar-refractivity contribution in [1.82, 2.24) is 10.2 Å². The summed E-state index contributed by atoms with van der Waals surface area (Å²) in [4.78, 5) is 29.7. The van der Waals surface area contributed by atoms with E-state index in [0.717, 1.165) is 15.4 Å². The molecule has 47 heavy (non-hydrogen) atoms. The fourth-order valence-electron chi connectivity index (χ4n) is 5.11. The monoisotopic (exact) mass is 677 g/mol. The van der Waals surface area contributed by atoms with Crippen molar-refractivity contribution in [2.75, 3.05) is 25.1 Å². The van der Waals surface area contributed by atoms with Crippen molar-refractivity contribution in [2.24, 2.45) is 0 Å². The van der Waals surface area contributed by atoms with Crippen molar-refractivity contribution in [1.29, 1.82) is 0 Å². The lowest BCUT2D eigenvalue weighted by atomic mass is 10.0.